The molecule has 2 heterocycles. The number of imide groups is 1. The fraction of sp³-hybridized carbons (Fsp3) is 0.185. The van der Waals surface area contributed by atoms with E-state index >= 15 is 0 Å². The Morgan fingerprint density at radius 1 is 0.857 bits per heavy atom. The number of rotatable bonds is 3. The molecule has 174 valence electrons. The number of methoxy groups -OCH3 is 1. The number of hydrogen-bond donors (Lipinski definition) is 0. The molecule has 0 bridgehead atoms. The van der Waals surface area contributed by atoms with Crippen molar-refractivity contribution in [3.05, 3.63) is 94.0 Å². The number of amides is 2. The Balaban J connectivity index is 1.54. The average molecular weight is 532 g/mol. The molecule has 7 nitrogen and oxygen atoms in total. The molecule has 0 radical (unpaired) electrons. The lowest BCUT2D eigenvalue weighted by atomic mass is 9.77. The van der Waals surface area contributed by atoms with Crippen molar-refractivity contribution in [2.75, 3.05) is 12.0 Å². The first-order valence-corrected chi connectivity index (χ1v) is 11.8. The van der Waals surface area contributed by atoms with Gasteiger partial charge in [-0.2, -0.15) is 0 Å². The van der Waals surface area contributed by atoms with E-state index in [-0.39, 0.29) is 11.1 Å². The highest BCUT2D eigenvalue weighted by molar-refractivity contribution is 9.10. The second kappa shape index (κ2) is 7.69. The van der Waals surface area contributed by atoms with Crippen molar-refractivity contribution in [2.24, 2.45) is 11.8 Å². The molecule has 2 fully saturated rings. The van der Waals surface area contributed by atoms with Gasteiger partial charge in [0, 0.05) is 15.6 Å². The van der Waals surface area contributed by atoms with Gasteiger partial charge in [-0.05, 0) is 42.0 Å². The number of anilines is 1. The van der Waals surface area contributed by atoms with E-state index < -0.39 is 46.9 Å². The summed E-state index contributed by atoms with van der Waals surface area (Å²) in [5, 5.41) is 0. The van der Waals surface area contributed by atoms with Crippen LogP contribution in [0.2, 0.25) is 0 Å². The van der Waals surface area contributed by atoms with Crippen molar-refractivity contribution in [1.82, 2.24) is 0 Å². The highest BCUT2D eigenvalue weighted by Gasteiger charge is 2.74. The molecule has 35 heavy (non-hydrogen) atoms. The summed E-state index contributed by atoms with van der Waals surface area (Å²) in [5.74, 6) is -4.12. The minimum atomic E-state index is -2.10. The summed E-state index contributed by atoms with van der Waals surface area (Å²) in [4.78, 5) is 56.3. The lowest BCUT2D eigenvalue weighted by Crippen LogP contribution is -2.51. The van der Waals surface area contributed by atoms with Crippen LogP contribution in [-0.2, 0) is 14.3 Å². The zero-order chi connectivity index (χ0) is 24.5. The van der Waals surface area contributed by atoms with E-state index in [0.717, 1.165) is 9.37 Å². The normalized spacial score (nSPS) is 24.3. The van der Waals surface area contributed by atoms with Crippen molar-refractivity contribution in [3.63, 3.8) is 0 Å². The first-order valence-electron chi connectivity index (χ1n) is 11.0. The van der Waals surface area contributed by atoms with Crippen LogP contribution in [0.3, 0.4) is 0 Å². The Kier molecular flexibility index (Phi) is 4.81. The molecule has 3 aromatic carbocycles. The minimum Gasteiger partial charge on any atom is -0.497 e. The SMILES string of the molecule is COc1cccc(C2OC3(C(=O)c4ccccc4C3=O)C3C(=O)N(c4ccc(Br)cc4)C(=O)C23)c1. The van der Waals surface area contributed by atoms with E-state index in [9.17, 15) is 19.2 Å². The smallest absolute Gasteiger partial charge is 0.241 e. The Bertz CT molecular complexity index is 1400. The van der Waals surface area contributed by atoms with E-state index in [4.69, 9.17) is 9.47 Å². The third-order valence-corrected chi connectivity index (χ3v) is 7.55. The molecule has 3 atom stereocenters. The highest BCUT2D eigenvalue weighted by Crippen LogP contribution is 2.57. The molecular weight excluding hydrogens is 514 g/mol. The van der Waals surface area contributed by atoms with Crippen LogP contribution >= 0.6 is 15.9 Å². The van der Waals surface area contributed by atoms with Crippen LogP contribution in [0.25, 0.3) is 0 Å². The molecular formula is C27H18BrNO6. The quantitative estimate of drug-likeness (QED) is 0.372. The van der Waals surface area contributed by atoms with Gasteiger partial charge in [-0.3, -0.25) is 19.2 Å². The molecule has 3 aromatic rings. The lowest BCUT2D eigenvalue weighted by molar-refractivity contribution is -0.127. The molecule has 8 heteroatoms. The van der Waals surface area contributed by atoms with Crippen LogP contribution in [0, 0.1) is 11.8 Å². The van der Waals surface area contributed by atoms with Gasteiger partial charge in [0.05, 0.1) is 30.7 Å². The standard InChI is InChI=1S/C27H18BrNO6/c1-34-17-6-4-5-14(13-17)22-20-21(26(33)29(25(20)32)16-11-9-15(28)10-12-16)27(35-22)23(30)18-7-2-3-8-19(18)24(27)31/h2-13,20-22H,1H3. The van der Waals surface area contributed by atoms with E-state index in [2.05, 4.69) is 15.9 Å². The number of ether oxygens (including phenoxy) is 2. The van der Waals surface area contributed by atoms with Crippen molar-refractivity contribution >= 4 is 45.0 Å². The number of halogens is 1. The van der Waals surface area contributed by atoms with Crippen LogP contribution < -0.4 is 9.64 Å². The first kappa shape index (κ1) is 21.9. The molecule has 2 aliphatic heterocycles. The van der Waals surface area contributed by atoms with Gasteiger partial charge in [0.15, 0.2) is 0 Å². The number of carbonyl (C=O) groups excluding carboxylic acids is 4. The monoisotopic (exact) mass is 531 g/mol. The molecule has 1 aliphatic carbocycles. The van der Waals surface area contributed by atoms with E-state index in [1.807, 2.05) is 0 Å². The second-order valence-corrected chi connectivity index (χ2v) is 9.66. The summed E-state index contributed by atoms with van der Waals surface area (Å²) in [5.41, 5.74) is -0.784. The highest BCUT2D eigenvalue weighted by atomic mass is 79.9. The molecule has 0 N–H and O–H groups in total. The van der Waals surface area contributed by atoms with Gasteiger partial charge in [-0.1, -0.05) is 52.3 Å². The molecule has 1 spiro atoms. The van der Waals surface area contributed by atoms with E-state index in [1.54, 1.807) is 72.8 Å². The fourth-order valence-electron chi connectivity index (χ4n) is 5.48. The Morgan fingerprint density at radius 3 is 2.14 bits per heavy atom. The maximum Gasteiger partial charge on any atom is 0.241 e. The third-order valence-electron chi connectivity index (χ3n) is 7.03. The zero-order valence-electron chi connectivity index (χ0n) is 18.4. The number of hydrogen-bond acceptors (Lipinski definition) is 6. The molecule has 2 saturated heterocycles. The van der Waals surface area contributed by atoms with Crippen molar-refractivity contribution < 1.29 is 28.7 Å². The minimum absolute atomic E-state index is 0.199. The molecule has 3 aliphatic rings. The van der Waals surface area contributed by atoms with Crippen molar-refractivity contribution in [2.45, 2.75) is 11.7 Å². The Morgan fingerprint density at radius 2 is 1.51 bits per heavy atom. The van der Waals surface area contributed by atoms with Crippen molar-refractivity contribution in [1.29, 1.82) is 0 Å². The second-order valence-electron chi connectivity index (χ2n) is 8.75. The maximum absolute atomic E-state index is 13.9. The van der Waals surface area contributed by atoms with Gasteiger partial charge in [0.2, 0.25) is 29.0 Å². The number of nitrogens with zero attached hydrogens (tertiary/aromatic N) is 1. The number of carbonyl (C=O) groups is 4. The maximum atomic E-state index is 13.9. The van der Waals surface area contributed by atoms with Gasteiger partial charge in [0.25, 0.3) is 0 Å². The van der Waals surface area contributed by atoms with Crippen LogP contribution in [0.1, 0.15) is 32.4 Å². The molecule has 3 unspecified atom stereocenters. The number of ketones is 2. The third kappa shape index (κ3) is 2.87. The summed E-state index contributed by atoms with van der Waals surface area (Å²) < 4.78 is 12.4. The number of benzene rings is 3. The Labute approximate surface area is 208 Å². The fourth-order valence-corrected chi connectivity index (χ4v) is 5.75. The van der Waals surface area contributed by atoms with Crippen LogP contribution in [0.4, 0.5) is 5.69 Å². The molecule has 6 rings (SSSR count). The zero-order valence-corrected chi connectivity index (χ0v) is 20.0. The van der Waals surface area contributed by atoms with Crippen LogP contribution in [-0.4, -0.2) is 36.1 Å². The summed E-state index contributed by atoms with van der Waals surface area (Å²) in [7, 11) is 1.51. The summed E-state index contributed by atoms with van der Waals surface area (Å²) in [6, 6.07) is 20.0. The molecule has 0 saturated carbocycles. The lowest BCUT2D eigenvalue weighted by Gasteiger charge is -2.27. The summed E-state index contributed by atoms with van der Waals surface area (Å²) >= 11 is 3.36. The predicted molar refractivity (Wildman–Crippen MR) is 128 cm³/mol. The van der Waals surface area contributed by atoms with Gasteiger partial charge in [0.1, 0.15) is 5.75 Å². The average Bonchev–Trinajstić information content (AvgIpc) is 3.45. The van der Waals surface area contributed by atoms with Gasteiger partial charge < -0.3 is 9.47 Å². The van der Waals surface area contributed by atoms with Crippen molar-refractivity contribution in [3.8, 4) is 5.75 Å². The molecule has 0 aromatic heterocycles. The summed E-state index contributed by atoms with van der Waals surface area (Å²) in [6.45, 7) is 0. The number of Topliss-reactive ketones (excluding diaryl/α,β-unsaturated/α-hetero) is 2. The largest absolute Gasteiger partial charge is 0.497 e. The van der Waals surface area contributed by atoms with Gasteiger partial charge in [-0.25, -0.2) is 4.90 Å². The number of fused-ring (bicyclic) bond motifs is 3. The van der Waals surface area contributed by atoms with E-state index in [1.165, 1.54) is 7.11 Å². The van der Waals surface area contributed by atoms with Gasteiger partial charge in [-0.15, -0.1) is 0 Å². The molecule has 2 amide bonds. The Hall–Kier alpha value is -3.62. The summed E-state index contributed by atoms with van der Waals surface area (Å²) in [6.07, 6.45) is -0.991. The van der Waals surface area contributed by atoms with E-state index in [0.29, 0.717) is 17.0 Å². The van der Waals surface area contributed by atoms with Gasteiger partial charge >= 0.3 is 0 Å². The van der Waals surface area contributed by atoms with Crippen LogP contribution in [0.15, 0.2) is 77.3 Å². The van der Waals surface area contributed by atoms with Crippen LogP contribution in [0.5, 0.6) is 5.75 Å². The topological polar surface area (TPSA) is 90.0 Å². The predicted octanol–water partition coefficient (Wildman–Crippen LogP) is 4.15. The first-order chi connectivity index (χ1) is 16.9.